The van der Waals surface area contributed by atoms with Gasteiger partial charge in [-0.2, -0.15) is 5.10 Å². The van der Waals surface area contributed by atoms with Crippen LogP contribution in [-0.2, 0) is 0 Å². The summed E-state index contributed by atoms with van der Waals surface area (Å²) < 4.78 is 1.93. The van der Waals surface area contributed by atoms with Crippen molar-refractivity contribution in [1.29, 1.82) is 0 Å². The normalized spacial score (nSPS) is 11.0. The van der Waals surface area contributed by atoms with Gasteiger partial charge in [-0.15, -0.1) is 0 Å². The van der Waals surface area contributed by atoms with Crippen molar-refractivity contribution in [1.82, 2.24) is 9.78 Å². The van der Waals surface area contributed by atoms with Crippen LogP contribution in [0.3, 0.4) is 0 Å². The predicted molar refractivity (Wildman–Crippen MR) is 104 cm³/mol. The van der Waals surface area contributed by atoms with Gasteiger partial charge in [-0.05, 0) is 60.5 Å². The number of hydrogen-bond acceptors (Lipinski definition) is 2. The highest BCUT2D eigenvalue weighted by molar-refractivity contribution is 5.98. The molecule has 2 N–H and O–H groups in total. The minimum Gasteiger partial charge on any atom is -0.366 e. The lowest BCUT2D eigenvalue weighted by Gasteiger charge is -2.13. The van der Waals surface area contributed by atoms with Crippen molar-refractivity contribution in [3.63, 3.8) is 0 Å². The highest BCUT2D eigenvalue weighted by Crippen LogP contribution is 2.33. The first-order chi connectivity index (χ1) is 12.5. The number of amides is 1. The summed E-state index contributed by atoms with van der Waals surface area (Å²) in [4.78, 5) is 11.3. The van der Waals surface area contributed by atoms with E-state index in [2.05, 4.69) is 48.4 Å². The van der Waals surface area contributed by atoms with Crippen molar-refractivity contribution >= 4 is 16.7 Å². The van der Waals surface area contributed by atoms with Gasteiger partial charge in [-0.25, -0.2) is 4.68 Å². The van der Waals surface area contributed by atoms with Gasteiger partial charge in [0.2, 0.25) is 5.91 Å². The summed E-state index contributed by atoms with van der Waals surface area (Å²) >= 11 is 0. The molecule has 4 nitrogen and oxygen atoms in total. The van der Waals surface area contributed by atoms with Gasteiger partial charge in [0.05, 0.1) is 17.1 Å². The van der Waals surface area contributed by atoms with Gasteiger partial charge in [0.1, 0.15) is 0 Å². The number of aromatic nitrogens is 2. The Balaban J connectivity index is 1.95. The summed E-state index contributed by atoms with van der Waals surface area (Å²) in [5.41, 5.74) is 11.1. The van der Waals surface area contributed by atoms with Crippen LogP contribution in [0.5, 0.6) is 0 Å². The van der Waals surface area contributed by atoms with E-state index in [4.69, 9.17) is 5.73 Å². The fourth-order valence-electron chi connectivity index (χ4n) is 3.36. The van der Waals surface area contributed by atoms with Crippen molar-refractivity contribution < 1.29 is 4.79 Å². The zero-order valence-corrected chi connectivity index (χ0v) is 14.7. The van der Waals surface area contributed by atoms with Crippen LogP contribution in [0.15, 0.2) is 66.7 Å². The Morgan fingerprint density at radius 1 is 0.962 bits per heavy atom. The maximum atomic E-state index is 11.3. The minimum absolute atomic E-state index is 0.432. The molecule has 1 amide bonds. The topological polar surface area (TPSA) is 60.9 Å². The molecule has 0 aliphatic rings. The third-order valence-corrected chi connectivity index (χ3v) is 4.62. The molecule has 1 aromatic heterocycles. The molecule has 0 radical (unpaired) electrons. The van der Waals surface area contributed by atoms with E-state index in [1.54, 1.807) is 12.1 Å². The van der Waals surface area contributed by atoms with Crippen LogP contribution in [0.25, 0.3) is 27.7 Å². The molecule has 0 fully saturated rings. The highest BCUT2D eigenvalue weighted by Gasteiger charge is 2.15. The van der Waals surface area contributed by atoms with E-state index in [0.717, 1.165) is 17.1 Å². The average Bonchev–Trinajstić information content (AvgIpc) is 3.03. The molecule has 0 saturated heterocycles. The first-order valence-electron chi connectivity index (χ1n) is 8.50. The first kappa shape index (κ1) is 16.1. The Hall–Kier alpha value is -3.40. The second-order valence-electron chi connectivity index (χ2n) is 6.47. The summed E-state index contributed by atoms with van der Waals surface area (Å²) in [7, 11) is 0. The summed E-state index contributed by atoms with van der Waals surface area (Å²) in [6.45, 7) is 4.10. The molecule has 0 atom stereocenters. The zero-order chi connectivity index (χ0) is 18.3. The average molecular weight is 341 g/mol. The molecule has 4 rings (SSSR count). The molecule has 26 heavy (non-hydrogen) atoms. The van der Waals surface area contributed by atoms with Crippen LogP contribution in [0.2, 0.25) is 0 Å². The third kappa shape index (κ3) is 2.65. The van der Waals surface area contributed by atoms with E-state index < -0.39 is 5.91 Å². The lowest BCUT2D eigenvalue weighted by atomic mass is 9.97. The standard InChI is InChI=1S/C22H19N3O/c1-14-7-8-16-5-3-4-6-19(16)21(14)20-13-15(2)24-25(20)18-11-9-17(10-12-18)22(23)26/h3-13H,1-2H3,(H2,23,26). The zero-order valence-electron chi connectivity index (χ0n) is 14.7. The fourth-order valence-corrected chi connectivity index (χ4v) is 3.36. The lowest BCUT2D eigenvalue weighted by Crippen LogP contribution is -2.11. The van der Waals surface area contributed by atoms with Gasteiger partial charge in [-0.1, -0.05) is 36.4 Å². The van der Waals surface area contributed by atoms with Gasteiger partial charge in [0.15, 0.2) is 0 Å². The molecule has 0 spiro atoms. The van der Waals surface area contributed by atoms with Gasteiger partial charge in [0.25, 0.3) is 0 Å². The van der Waals surface area contributed by atoms with Crippen molar-refractivity contribution in [3.8, 4) is 16.9 Å². The van der Waals surface area contributed by atoms with Crippen molar-refractivity contribution in [3.05, 3.63) is 83.6 Å². The highest BCUT2D eigenvalue weighted by atomic mass is 16.1. The lowest BCUT2D eigenvalue weighted by molar-refractivity contribution is 0.100. The van der Waals surface area contributed by atoms with Crippen LogP contribution < -0.4 is 5.73 Å². The van der Waals surface area contributed by atoms with Crippen molar-refractivity contribution in [2.45, 2.75) is 13.8 Å². The molecule has 0 bridgehead atoms. The number of aryl methyl sites for hydroxylation is 2. The number of hydrogen-bond donors (Lipinski definition) is 1. The van der Waals surface area contributed by atoms with E-state index in [1.807, 2.05) is 29.8 Å². The molecule has 0 saturated carbocycles. The Morgan fingerprint density at radius 3 is 2.42 bits per heavy atom. The molecule has 3 aromatic carbocycles. The molecule has 4 heteroatoms. The Labute approximate surface area is 151 Å². The fraction of sp³-hybridized carbons (Fsp3) is 0.0909. The number of fused-ring (bicyclic) bond motifs is 1. The summed E-state index contributed by atoms with van der Waals surface area (Å²) in [5, 5.41) is 7.07. The molecule has 0 unspecified atom stereocenters. The summed E-state index contributed by atoms with van der Waals surface area (Å²) in [6, 6.07) is 21.9. The van der Waals surface area contributed by atoms with Crippen LogP contribution in [0.4, 0.5) is 0 Å². The van der Waals surface area contributed by atoms with E-state index in [1.165, 1.54) is 21.9 Å². The molecule has 4 aromatic rings. The number of nitrogens with zero attached hydrogens (tertiary/aromatic N) is 2. The van der Waals surface area contributed by atoms with Crippen LogP contribution >= 0.6 is 0 Å². The Bertz CT molecular complexity index is 1120. The van der Waals surface area contributed by atoms with Crippen LogP contribution in [-0.4, -0.2) is 15.7 Å². The molecule has 0 aliphatic heterocycles. The van der Waals surface area contributed by atoms with Gasteiger partial charge >= 0.3 is 0 Å². The molecule has 1 heterocycles. The summed E-state index contributed by atoms with van der Waals surface area (Å²) in [6.07, 6.45) is 0. The van der Waals surface area contributed by atoms with E-state index >= 15 is 0 Å². The molecular formula is C22H19N3O. The number of carbonyl (C=O) groups is 1. The van der Waals surface area contributed by atoms with Crippen LogP contribution in [0.1, 0.15) is 21.6 Å². The number of rotatable bonds is 3. The van der Waals surface area contributed by atoms with Crippen LogP contribution in [0, 0.1) is 13.8 Å². The maximum absolute atomic E-state index is 11.3. The molecule has 128 valence electrons. The van der Waals surface area contributed by atoms with Crippen molar-refractivity contribution in [2.24, 2.45) is 5.73 Å². The smallest absolute Gasteiger partial charge is 0.248 e. The Kier molecular flexibility index (Phi) is 3.81. The number of nitrogens with two attached hydrogens (primary N) is 1. The number of benzene rings is 3. The van der Waals surface area contributed by atoms with E-state index in [-0.39, 0.29) is 0 Å². The van der Waals surface area contributed by atoms with Crippen molar-refractivity contribution in [2.75, 3.05) is 0 Å². The van der Waals surface area contributed by atoms with Gasteiger partial charge in [0, 0.05) is 11.1 Å². The second-order valence-corrected chi connectivity index (χ2v) is 6.47. The number of primary amides is 1. The first-order valence-corrected chi connectivity index (χ1v) is 8.50. The minimum atomic E-state index is -0.432. The van der Waals surface area contributed by atoms with E-state index in [0.29, 0.717) is 5.56 Å². The maximum Gasteiger partial charge on any atom is 0.248 e. The predicted octanol–water partition coefficient (Wildman–Crippen LogP) is 4.41. The molecule has 0 aliphatic carbocycles. The quantitative estimate of drug-likeness (QED) is 0.600. The SMILES string of the molecule is Cc1cc(-c2c(C)ccc3ccccc23)n(-c2ccc(C(N)=O)cc2)n1. The van der Waals surface area contributed by atoms with Gasteiger partial charge in [-0.3, -0.25) is 4.79 Å². The largest absolute Gasteiger partial charge is 0.366 e. The van der Waals surface area contributed by atoms with Gasteiger partial charge < -0.3 is 5.73 Å². The molecular weight excluding hydrogens is 322 g/mol. The monoisotopic (exact) mass is 341 g/mol. The number of carbonyl (C=O) groups excluding carboxylic acids is 1. The van der Waals surface area contributed by atoms with E-state index in [9.17, 15) is 4.79 Å². The second kappa shape index (κ2) is 6.15. The summed E-state index contributed by atoms with van der Waals surface area (Å²) in [5.74, 6) is -0.432. The third-order valence-electron chi connectivity index (χ3n) is 4.62. The Morgan fingerprint density at radius 2 is 1.69 bits per heavy atom.